The van der Waals surface area contributed by atoms with E-state index in [1.165, 1.54) is 4.90 Å². The zero-order valence-corrected chi connectivity index (χ0v) is 16.6. The molecule has 4 heteroatoms. The van der Waals surface area contributed by atoms with E-state index in [1.807, 2.05) is 43.0 Å². The first kappa shape index (κ1) is 19.0. The fourth-order valence-electron chi connectivity index (χ4n) is 3.54. The molecule has 1 saturated heterocycles. The van der Waals surface area contributed by atoms with Crippen LogP contribution in [-0.4, -0.2) is 40.9 Å². The van der Waals surface area contributed by atoms with Gasteiger partial charge in [-0.1, -0.05) is 24.3 Å². The first-order valence-corrected chi connectivity index (χ1v) is 10.4. The van der Waals surface area contributed by atoms with Crippen LogP contribution in [0.25, 0.3) is 11.1 Å². The Balaban J connectivity index is 1.79. The number of likely N-dealkylation sites (tertiary alicyclic amines) is 1. The van der Waals surface area contributed by atoms with E-state index in [1.54, 1.807) is 11.8 Å². The van der Waals surface area contributed by atoms with Gasteiger partial charge in [-0.3, -0.25) is 4.79 Å². The number of carbonyl (C=O) groups excluding carboxylic acids is 1. The molecule has 0 aromatic heterocycles. The topological polar surface area (TPSA) is 40.5 Å². The molecule has 1 aliphatic rings. The van der Waals surface area contributed by atoms with E-state index >= 15 is 0 Å². The van der Waals surface area contributed by atoms with Gasteiger partial charge in [0.05, 0.1) is 5.60 Å². The maximum absolute atomic E-state index is 13.0. The first-order chi connectivity index (χ1) is 12.4. The first-order valence-electron chi connectivity index (χ1n) is 9.14. The number of benzene rings is 2. The molecular weight excluding hydrogens is 342 g/mol. The van der Waals surface area contributed by atoms with Gasteiger partial charge in [-0.05, 0) is 68.3 Å². The van der Waals surface area contributed by atoms with Gasteiger partial charge in [-0.25, -0.2) is 0 Å². The Labute approximate surface area is 160 Å². The Morgan fingerprint density at radius 3 is 2.54 bits per heavy atom. The highest BCUT2D eigenvalue weighted by molar-refractivity contribution is 7.98. The van der Waals surface area contributed by atoms with Gasteiger partial charge >= 0.3 is 0 Å². The summed E-state index contributed by atoms with van der Waals surface area (Å²) in [5, 5.41) is 10.3. The van der Waals surface area contributed by atoms with E-state index in [0.29, 0.717) is 12.1 Å². The molecule has 1 atom stereocenters. The lowest BCUT2D eigenvalue weighted by Crippen LogP contribution is -2.46. The second-order valence-corrected chi connectivity index (χ2v) is 8.43. The van der Waals surface area contributed by atoms with Gasteiger partial charge in [0.1, 0.15) is 0 Å². The van der Waals surface area contributed by atoms with E-state index in [9.17, 15) is 9.90 Å². The van der Waals surface area contributed by atoms with Crippen molar-refractivity contribution in [1.29, 1.82) is 0 Å². The predicted octanol–water partition coefficient (Wildman–Crippen LogP) is 4.70. The van der Waals surface area contributed by atoms with Crippen molar-refractivity contribution >= 4 is 17.7 Å². The van der Waals surface area contributed by atoms with Crippen LogP contribution in [0.5, 0.6) is 0 Å². The van der Waals surface area contributed by atoms with Crippen molar-refractivity contribution < 1.29 is 9.90 Å². The number of thioether (sulfide) groups is 1. The Morgan fingerprint density at radius 2 is 1.88 bits per heavy atom. The highest BCUT2D eigenvalue weighted by atomic mass is 32.2. The normalized spacial score (nSPS) is 18.0. The van der Waals surface area contributed by atoms with Gasteiger partial charge in [0.2, 0.25) is 0 Å². The molecule has 3 nitrogen and oxygen atoms in total. The summed E-state index contributed by atoms with van der Waals surface area (Å²) in [5.74, 6) is 0.184. The molecule has 1 unspecified atom stereocenters. The Kier molecular flexibility index (Phi) is 5.73. The third-order valence-corrected chi connectivity index (χ3v) is 5.98. The third kappa shape index (κ3) is 4.30. The highest BCUT2D eigenvalue weighted by Gasteiger charge is 2.33. The van der Waals surface area contributed by atoms with Gasteiger partial charge in [0.25, 0.3) is 5.91 Å². The molecule has 0 aliphatic carbocycles. The fourth-order valence-corrected chi connectivity index (χ4v) is 3.94. The molecular formula is C22H27NO2S. The number of nitrogens with zero attached hydrogens (tertiary/aromatic N) is 1. The SMILES string of the molecule is CSc1ccc(-c2cccc(C(=O)N3CCCC(C(C)(C)O)C3)c2)cc1. The van der Waals surface area contributed by atoms with E-state index in [4.69, 9.17) is 0 Å². The summed E-state index contributed by atoms with van der Waals surface area (Å²) < 4.78 is 0. The molecule has 1 aliphatic heterocycles. The standard InChI is InChI=1S/C22H27NO2S/c1-22(2,25)19-8-5-13-23(15-19)21(24)18-7-4-6-17(14-18)16-9-11-20(26-3)12-10-16/h4,6-7,9-12,14,19,25H,5,8,13,15H2,1-3H3. The van der Waals surface area contributed by atoms with Crippen molar-refractivity contribution in [1.82, 2.24) is 4.90 Å². The van der Waals surface area contributed by atoms with E-state index in [-0.39, 0.29) is 11.8 Å². The van der Waals surface area contributed by atoms with E-state index in [2.05, 4.69) is 30.5 Å². The molecule has 2 aromatic rings. The smallest absolute Gasteiger partial charge is 0.253 e. The van der Waals surface area contributed by atoms with Crippen molar-refractivity contribution in [2.75, 3.05) is 19.3 Å². The molecule has 3 rings (SSSR count). The summed E-state index contributed by atoms with van der Waals surface area (Å²) in [6.45, 7) is 5.06. The van der Waals surface area contributed by atoms with Gasteiger partial charge in [-0.2, -0.15) is 0 Å². The Hall–Kier alpha value is -1.78. The van der Waals surface area contributed by atoms with Crippen LogP contribution in [0.2, 0.25) is 0 Å². The fraction of sp³-hybridized carbons (Fsp3) is 0.409. The van der Waals surface area contributed by atoms with Crippen LogP contribution >= 0.6 is 11.8 Å². The number of rotatable bonds is 4. The molecule has 0 spiro atoms. The second-order valence-electron chi connectivity index (χ2n) is 7.55. The monoisotopic (exact) mass is 369 g/mol. The second kappa shape index (κ2) is 7.85. The average molecular weight is 370 g/mol. The van der Waals surface area contributed by atoms with Crippen molar-refractivity contribution in [2.45, 2.75) is 37.2 Å². The van der Waals surface area contributed by atoms with Crippen molar-refractivity contribution in [3.8, 4) is 11.1 Å². The summed E-state index contributed by atoms with van der Waals surface area (Å²) in [6.07, 6.45) is 3.97. The van der Waals surface area contributed by atoms with E-state index in [0.717, 1.165) is 30.5 Å². The van der Waals surface area contributed by atoms with Gasteiger partial charge in [-0.15, -0.1) is 11.8 Å². The Bertz CT molecular complexity index is 764. The highest BCUT2D eigenvalue weighted by Crippen LogP contribution is 2.29. The van der Waals surface area contributed by atoms with Crippen molar-refractivity contribution in [3.63, 3.8) is 0 Å². The van der Waals surface area contributed by atoms with Crippen LogP contribution in [0.3, 0.4) is 0 Å². The molecule has 1 heterocycles. The summed E-state index contributed by atoms with van der Waals surface area (Å²) in [4.78, 5) is 16.1. The number of hydrogen-bond donors (Lipinski definition) is 1. The molecule has 1 N–H and O–H groups in total. The zero-order valence-electron chi connectivity index (χ0n) is 15.7. The summed E-state index contributed by atoms with van der Waals surface area (Å²) in [6, 6.07) is 16.3. The maximum atomic E-state index is 13.0. The molecule has 2 aromatic carbocycles. The lowest BCUT2D eigenvalue weighted by molar-refractivity contribution is -0.0146. The summed E-state index contributed by atoms with van der Waals surface area (Å²) >= 11 is 1.72. The van der Waals surface area contributed by atoms with Crippen LogP contribution in [0, 0.1) is 5.92 Å². The van der Waals surface area contributed by atoms with Gasteiger partial charge < -0.3 is 10.0 Å². The number of hydrogen-bond acceptors (Lipinski definition) is 3. The van der Waals surface area contributed by atoms with Crippen molar-refractivity contribution in [2.24, 2.45) is 5.92 Å². The zero-order chi connectivity index (χ0) is 18.7. The summed E-state index contributed by atoms with van der Waals surface area (Å²) in [5.41, 5.74) is 2.14. The van der Waals surface area contributed by atoms with Crippen LogP contribution < -0.4 is 0 Å². The minimum Gasteiger partial charge on any atom is -0.390 e. The molecule has 138 valence electrons. The van der Waals surface area contributed by atoms with Crippen molar-refractivity contribution in [3.05, 3.63) is 54.1 Å². The number of carbonyl (C=O) groups is 1. The van der Waals surface area contributed by atoms with Crippen LogP contribution in [0.1, 0.15) is 37.0 Å². The minimum atomic E-state index is -0.750. The molecule has 0 saturated carbocycles. The lowest BCUT2D eigenvalue weighted by Gasteiger charge is -2.38. The Morgan fingerprint density at radius 1 is 1.15 bits per heavy atom. The number of amides is 1. The molecule has 1 fully saturated rings. The number of aliphatic hydroxyl groups is 1. The largest absolute Gasteiger partial charge is 0.390 e. The van der Waals surface area contributed by atoms with Crippen LogP contribution in [0.15, 0.2) is 53.4 Å². The predicted molar refractivity (Wildman–Crippen MR) is 109 cm³/mol. The quantitative estimate of drug-likeness (QED) is 0.794. The minimum absolute atomic E-state index is 0.0570. The lowest BCUT2D eigenvalue weighted by atomic mass is 9.84. The van der Waals surface area contributed by atoms with Gasteiger partial charge in [0, 0.05) is 29.5 Å². The van der Waals surface area contributed by atoms with Crippen LogP contribution in [-0.2, 0) is 0 Å². The van der Waals surface area contributed by atoms with Crippen LogP contribution in [0.4, 0.5) is 0 Å². The average Bonchev–Trinajstić information content (AvgIpc) is 2.67. The summed E-state index contributed by atoms with van der Waals surface area (Å²) in [7, 11) is 0. The van der Waals surface area contributed by atoms with Gasteiger partial charge in [0.15, 0.2) is 0 Å². The molecule has 26 heavy (non-hydrogen) atoms. The van der Waals surface area contributed by atoms with E-state index < -0.39 is 5.60 Å². The third-order valence-electron chi connectivity index (χ3n) is 5.24. The number of piperidine rings is 1. The molecule has 0 radical (unpaired) electrons. The molecule has 1 amide bonds. The molecule has 0 bridgehead atoms. The maximum Gasteiger partial charge on any atom is 0.253 e.